The molecule has 0 N–H and O–H groups in total. The lowest BCUT2D eigenvalue weighted by atomic mass is 10.1. The first kappa shape index (κ1) is 12.4. The fraction of sp³-hybridized carbons (Fsp3) is 0.300. The molecule has 0 radical (unpaired) electrons. The first-order valence-electron chi connectivity index (χ1n) is 5.21. The molecule has 0 amide bonds. The molecule has 0 aliphatic rings. The Morgan fingerprint density at radius 2 is 2.17 bits per heavy atom. The zero-order valence-corrected chi connectivity index (χ0v) is 10.5. The van der Waals surface area contributed by atoms with E-state index in [1.807, 2.05) is 13.8 Å². The van der Waals surface area contributed by atoms with Gasteiger partial charge in [-0.05, 0) is 12.0 Å². The minimum Gasteiger partial charge on any atom is -0.258 e. The van der Waals surface area contributed by atoms with Gasteiger partial charge < -0.3 is 0 Å². The normalized spacial score (nSPS) is 10.9. The summed E-state index contributed by atoms with van der Waals surface area (Å²) in [6.45, 7) is 3.96. The van der Waals surface area contributed by atoms with E-state index >= 15 is 0 Å². The Labute approximate surface area is 108 Å². The van der Waals surface area contributed by atoms with Crippen LogP contribution >= 0.6 is 11.6 Å². The van der Waals surface area contributed by atoms with Crippen molar-refractivity contribution in [3.8, 4) is 5.82 Å². The molecule has 94 valence electrons. The summed E-state index contributed by atoms with van der Waals surface area (Å²) in [6.07, 6.45) is 2.78. The predicted molar refractivity (Wildman–Crippen MR) is 64.9 cm³/mol. The summed E-state index contributed by atoms with van der Waals surface area (Å²) in [5.41, 5.74) is 0.469. The zero-order valence-electron chi connectivity index (χ0n) is 9.74. The van der Waals surface area contributed by atoms with E-state index in [4.69, 9.17) is 11.6 Å². The van der Waals surface area contributed by atoms with Gasteiger partial charge in [-0.15, -0.1) is 0 Å². The molecule has 0 unspecified atom stereocenters. The van der Waals surface area contributed by atoms with Crippen molar-refractivity contribution in [3.05, 3.63) is 39.6 Å². The first-order valence-corrected chi connectivity index (χ1v) is 5.59. The van der Waals surface area contributed by atoms with Crippen molar-refractivity contribution in [1.29, 1.82) is 0 Å². The van der Waals surface area contributed by atoms with Gasteiger partial charge in [0.15, 0.2) is 0 Å². The molecule has 0 bridgehead atoms. The maximum Gasteiger partial charge on any atom is 0.350 e. The lowest BCUT2D eigenvalue weighted by molar-refractivity contribution is -0.385. The molecule has 18 heavy (non-hydrogen) atoms. The maximum atomic E-state index is 11.0. The highest BCUT2D eigenvalue weighted by molar-refractivity contribution is 6.31. The summed E-state index contributed by atoms with van der Waals surface area (Å²) in [5, 5.41) is 15.0. The Morgan fingerprint density at radius 1 is 1.44 bits per heavy atom. The van der Waals surface area contributed by atoms with E-state index in [0.717, 1.165) is 5.69 Å². The van der Waals surface area contributed by atoms with Crippen LogP contribution in [-0.2, 0) is 0 Å². The minimum atomic E-state index is -0.617. The van der Waals surface area contributed by atoms with E-state index in [-0.39, 0.29) is 22.6 Å². The molecule has 8 heteroatoms. The number of nitro groups is 1. The molecule has 0 aliphatic heterocycles. The van der Waals surface area contributed by atoms with Gasteiger partial charge in [0.2, 0.25) is 11.0 Å². The summed E-state index contributed by atoms with van der Waals surface area (Å²) in [7, 11) is 0. The van der Waals surface area contributed by atoms with E-state index in [0.29, 0.717) is 0 Å². The van der Waals surface area contributed by atoms with Gasteiger partial charge in [0.1, 0.15) is 6.33 Å². The molecule has 0 aliphatic carbocycles. The third kappa shape index (κ3) is 2.17. The molecule has 2 aromatic heterocycles. The Balaban J connectivity index is 2.56. The maximum absolute atomic E-state index is 11.0. The van der Waals surface area contributed by atoms with Crippen LogP contribution in [0.5, 0.6) is 0 Å². The number of halogens is 1. The van der Waals surface area contributed by atoms with Crippen LogP contribution in [0.2, 0.25) is 5.15 Å². The fourth-order valence-corrected chi connectivity index (χ4v) is 1.63. The second-order valence-corrected chi connectivity index (χ2v) is 4.29. The molecule has 0 aromatic carbocycles. The Hall–Kier alpha value is -2.02. The Kier molecular flexibility index (Phi) is 3.24. The van der Waals surface area contributed by atoms with Gasteiger partial charge >= 0.3 is 5.69 Å². The van der Waals surface area contributed by atoms with Crippen molar-refractivity contribution in [3.63, 3.8) is 0 Å². The molecule has 0 saturated heterocycles. The van der Waals surface area contributed by atoms with Crippen molar-refractivity contribution < 1.29 is 4.92 Å². The number of aromatic nitrogens is 4. The third-order valence-corrected chi connectivity index (χ3v) is 2.64. The first-order chi connectivity index (χ1) is 8.50. The molecule has 0 atom stereocenters. The summed E-state index contributed by atoms with van der Waals surface area (Å²) in [6, 6.07) is 1.78. The van der Waals surface area contributed by atoms with Crippen molar-refractivity contribution >= 4 is 17.3 Å². The van der Waals surface area contributed by atoms with Crippen LogP contribution in [0.1, 0.15) is 25.5 Å². The van der Waals surface area contributed by atoms with E-state index in [2.05, 4.69) is 15.1 Å². The second-order valence-electron chi connectivity index (χ2n) is 3.93. The standard InChI is InChI=1S/C10H10ClN5O2/c1-6(2)7-3-4-15(14-7)10-8(16(17)18)9(11)12-5-13-10/h3-6H,1-2H3. The van der Waals surface area contributed by atoms with Crippen LogP contribution in [0.3, 0.4) is 0 Å². The molecule has 7 nitrogen and oxygen atoms in total. The van der Waals surface area contributed by atoms with Crippen LogP contribution in [0, 0.1) is 10.1 Å². The molecular weight excluding hydrogens is 258 g/mol. The van der Waals surface area contributed by atoms with Crippen molar-refractivity contribution in [2.24, 2.45) is 0 Å². The average Bonchev–Trinajstić information content (AvgIpc) is 2.77. The summed E-state index contributed by atoms with van der Waals surface area (Å²) < 4.78 is 1.33. The monoisotopic (exact) mass is 267 g/mol. The van der Waals surface area contributed by atoms with Crippen LogP contribution < -0.4 is 0 Å². The van der Waals surface area contributed by atoms with Gasteiger partial charge in [-0.25, -0.2) is 14.6 Å². The third-order valence-electron chi connectivity index (χ3n) is 2.36. The summed E-state index contributed by atoms with van der Waals surface area (Å²) in [5.74, 6) is 0.287. The topological polar surface area (TPSA) is 86.7 Å². The summed E-state index contributed by atoms with van der Waals surface area (Å²) in [4.78, 5) is 17.8. The lowest BCUT2D eigenvalue weighted by Gasteiger charge is -2.02. The molecule has 2 aromatic rings. The zero-order chi connectivity index (χ0) is 13.3. The smallest absolute Gasteiger partial charge is 0.258 e. The van der Waals surface area contributed by atoms with E-state index in [1.165, 1.54) is 11.0 Å². The summed E-state index contributed by atoms with van der Waals surface area (Å²) >= 11 is 5.71. The van der Waals surface area contributed by atoms with Gasteiger partial charge in [-0.1, -0.05) is 25.4 Å². The van der Waals surface area contributed by atoms with Crippen LogP contribution in [-0.4, -0.2) is 24.7 Å². The van der Waals surface area contributed by atoms with Gasteiger partial charge in [0.25, 0.3) is 0 Å². The van der Waals surface area contributed by atoms with E-state index < -0.39 is 4.92 Å². The van der Waals surface area contributed by atoms with Crippen molar-refractivity contribution in [2.75, 3.05) is 0 Å². The van der Waals surface area contributed by atoms with Crippen LogP contribution in [0.4, 0.5) is 5.69 Å². The SMILES string of the molecule is CC(C)c1ccn(-c2ncnc(Cl)c2[N+](=O)[O-])n1. The van der Waals surface area contributed by atoms with Gasteiger partial charge in [-0.3, -0.25) is 10.1 Å². The van der Waals surface area contributed by atoms with Crippen molar-refractivity contribution in [1.82, 2.24) is 19.7 Å². The Bertz CT molecular complexity index is 596. The predicted octanol–water partition coefficient (Wildman–Crippen LogP) is 2.35. The van der Waals surface area contributed by atoms with Gasteiger partial charge in [-0.2, -0.15) is 5.10 Å². The second kappa shape index (κ2) is 4.69. The number of hydrogen-bond acceptors (Lipinski definition) is 5. The molecular formula is C10H10ClN5O2. The molecule has 2 heterocycles. The molecule has 0 fully saturated rings. The Morgan fingerprint density at radius 3 is 2.72 bits per heavy atom. The largest absolute Gasteiger partial charge is 0.350 e. The van der Waals surface area contributed by atoms with E-state index in [1.54, 1.807) is 12.3 Å². The molecule has 0 spiro atoms. The van der Waals surface area contributed by atoms with Gasteiger partial charge in [0, 0.05) is 6.20 Å². The highest BCUT2D eigenvalue weighted by atomic mass is 35.5. The van der Waals surface area contributed by atoms with E-state index in [9.17, 15) is 10.1 Å². The number of rotatable bonds is 3. The van der Waals surface area contributed by atoms with Crippen LogP contribution in [0.15, 0.2) is 18.6 Å². The quantitative estimate of drug-likeness (QED) is 0.484. The van der Waals surface area contributed by atoms with Crippen LogP contribution in [0.25, 0.3) is 5.82 Å². The average molecular weight is 268 g/mol. The highest BCUT2D eigenvalue weighted by Crippen LogP contribution is 2.27. The van der Waals surface area contributed by atoms with Gasteiger partial charge in [0.05, 0.1) is 10.6 Å². The minimum absolute atomic E-state index is 0.0619. The molecule has 0 saturated carbocycles. The number of nitrogens with zero attached hydrogens (tertiary/aromatic N) is 5. The lowest BCUT2D eigenvalue weighted by Crippen LogP contribution is -2.05. The highest BCUT2D eigenvalue weighted by Gasteiger charge is 2.23. The fourth-order valence-electron chi connectivity index (χ4n) is 1.44. The molecule has 2 rings (SSSR count). The van der Waals surface area contributed by atoms with Crippen molar-refractivity contribution in [2.45, 2.75) is 19.8 Å². The number of hydrogen-bond donors (Lipinski definition) is 0.